The summed E-state index contributed by atoms with van der Waals surface area (Å²) >= 11 is 0. The highest BCUT2D eigenvalue weighted by molar-refractivity contribution is 5.72. The number of aromatic nitrogens is 1. The second-order valence-corrected chi connectivity index (χ2v) is 10.3. The Bertz CT molecular complexity index is 989. The van der Waals surface area contributed by atoms with Gasteiger partial charge in [-0.2, -0.15) is 0 Å². The van der Waals surface area contributed by atoms with Gasteiger partial charge in [-0.3, -0.25) is 4.79 Å². The Labute approximate surface area is 212 Å². The summed E-state index contributed by atoms with van der Waals surface area (Å²) in [6.45, 7) is 0.642. The first kappa shape index (κ1) is 26.1. The van der Waals surface area contributed by atoms with Crippen molar-refractivity contribution in [2.75, 3.05) is 34.4 Å². The molecular formula is C26H39N5O5. The first-order valence-corrected chi connectivity index (χ1v) is 12.9. The van der Waals surface area contributed by atoms with Crippen LogP contribution in [0, 0.1) is 11.8 Å². The lowest BCUT2D eigenvalue weighted by Crippen LogP contribution is -2.34. The Morgan fingerprint density at radius 3 is 2.50 bits per heavy atom. The zero-order chi connectivity index (χ0) is 25.8. The first-order valence-electron chi connectivity index (χ1n) is 12.9. The van der Waals surface area contributed by atoms with Crippen molar-refractivity contribution in [3.8, 4) is 5.75 Å². The molecule has 4 rings (SSSR count). The quantitative estimate of drug-likeness (QED) is 0.282. The number of likely N-dealkylation sites (N-methyl/N-ethyl adjacent to an activating group) is 1. The van der Waals surface area contributed by atoms with Gasteiger partial charge >= 0.3 is 12.1 Å². The summed E-state index contributed by atoms with van der Waals surface area (Å²) in [6, 6.07) is 3.70. The maximum absolute atomic E-state index is 12.4. The zero-order valence-corrected chi connectivity index (χ0v) is 21.6. The van der Waals surface area contributed by atoms with Crippen LogP contribution in [0.25, 0.3) is 5.70 Å². The van der Waals surface area contributed by atoms with Crippen molar-refractivity contribution in [2.24, 2.45) is 23.4 Å². The third-order valence-electron chi connectivity index (χ3n) is 7.19. The van der Waals surface area contributed by atoms with Crippen LogP contribution in [-0.4, -0.2) is 67.4 Å². The summed E-state index contributed by atoms with van der Waals surface area (Å²) in [5, 5.41) is 1.36. The van der Waals surface area contributed by atoms with Crippen LogP contribution in [0.15, 0.2) is 17.8 Å². The molecule has 0 saturated heterocycles. The topological polar surface area (TPSA) is 133 Å². The average Bonchev–Trinajstić information content (AvgIpc) is 3.79. The Morgan fingerprint density at radius 1 is 1.11 bits per heavy atom. The SMILES string of the molecule is COC(=O)[C@H]1CCCC(Oc2ccc(/C(N)=C(\COC(=O)N(C)CC3CC3)N(C)N)nc2C2CC2)C1. The number of ether oxygens (including phenoxy) is 3. The molecule has 1 unspecified atom stereocenters. The molecule has 10 nitrogen and oxygen atoms in total. The van der Waals surface area contributed by atoms with E-state index < -0.39 is 6.09 Å². The number of hydrogen-bond acceptors (Lipinski definition) is 9. The minimum atomic E-state index is -0.401. The van der Waals surface area contributed by atoms with Gasteiger partial charge in [-0.25, -0.2) is 15.6 Å². The number of rotatable bonds is 10. The van der Waals surface area contributed by atoms with Crippen molar-refractivity contribution < 1.29 is 23.8 Å². The van der Waals surface area contributed by atoms with E-state index in [2.05, 4.69) is 0 Å². The number of nitrogens with zero attached hydrogens (tertiary/aromatic N) is 3. The molecule has 36 heavy (non-hydrogen) atoms. The van der Waals surface area contributed by atoms with E-state index in [9.17, 15) is 9.59 Å². The molecule has 0 bridgehead atoms. The minimum Gasteiger partial charge on any atom is -0.488 e. The molecule has 1 aromatic rings. The highest BCUT2D eigenvalue weighted by Gasteiger charge is 2.33. The van der Waals surface area contributed by atoms with Crippen molar-refractivity contribution in [3.63, 3.8) is 0 Å². The number of esters is 1. The molecule has 0 radical (unpaired) electrons. The fourth-order valence-corrected chi connectivity index (χ4v) is 4.69. The first-order chi connectivity index (χ1) is 17.3. The molecular weight excluding hydrogens is 462 g/mol. The average molecular weight is 502 g/mol. The molecule has 1 heterocycles. The Kier molecular flexibility index (Phi) is 8.23. The van der Waals surface area contributed by atoms with Gasteiger partial charge in [-0.15, -0.1) is 0 Å². The summed E-state index contributed by atoms with van der Waals surface area (Å²) in [5.41, 5.74) is 8.75. The van der Waals surface area contributed by atoms with E-state index in [0.29, 0.717) is 41.9 Å². The smallest absolute Gasteiger partial charge is 0.409 e. The fraction of sp³-hybridized carbons (Fsp3) is 0.654. The third-order valence-corrected chi connectivity index (χ3v) is 7.19. The van der Waals surface area contributed by atoms with Gasteiger partial charge in [0.05, 0.1) is 41.9 Å². The van der Waals surface area contributed by atoms with Crippen LogP contribution in [-0.2, 0) is 14.3 Å². The molecule has 10 heteroatoms. The molecule has 0 aromatic carbocycles. The van der Waals surface area contributed by atoms with Crippen LogP contribution in [0.1, 0.15) is 68.7 Å². The van der Waals surface area contributed by atoms with Crippen LogP contribution >= 0.6 is 0 Å². The molecule has 3 saturated carbocycles. The molecule has 4 N–H and O–H groups in total. The maximum Gasteiger partial charge on any atom is 0.409 e. The number of amides is 1. The lowest BCUT2D eigenvalue weighted by Gasteiger charge is -2.28. The molecule has 1 amide bonds. The summed E-state index contributed by atoms with van der Waals surface area (Å²) < 4.78 is 16.8. The second-order valence-electron chi connectivity index (χ2n) is 10.3. The van der Waals surface area contributed by atoms with Gasteiger partial charge < -0.3 is 29.9 Å². The van der Waals surface area contributed by atoms with Crippen LogP contribution in [0.4, 0.5) is 4.79 Å². The van der Waals surface area contributed by atoms with Gasteiger partial charge in [0.25, 0.3) is 0 Å². The lowest BCUT2D eigenvalue weighted by molar-refractivity contribution is -0.147. The Hall–Kier alpha value is -3.01. The van der Waals surface area contributed by atoms with Crippen molar-refractivity contribution in [1.29, 1.82) is 0 Å². The van der Waals surface area contributed by atoms with Crippen molar-refractivity contribution in [3.05, 3.63) is 29.2 Å². The predicted molar refractivity (Wildman–Crippen MR) is 134 cm³/mol. The highest BCUT2D eigenvalue weighted by Crippen LogP contribution is 2.44. The molecule has 0 aliphatic heterocycles. The van der Waals surface area contributed by atoms with Crippen molar-refractivity contribution in [2.45, 2.75) is 63.4 Å². The zero-order valence-electron chi connectivity index (χ0n) is 21.6. The summed E-state index contributed by atoms with van der Waals surface area (Å²) in [5.74, 6) is 7.37. The number of pyridine rings is 1. The molecule has 198 valence electrons. The molecule has 3 aliphatic rings. The van der Waals surface area contributed by atoms with E-state index in [1.165, 1.54) is 12.1 Å². The number of hydrazine groups is 1. The largest absolute Gasteiger partial charge is 0.488 e. The number of hydrogen-bond donors (Lipinski definition) is 2. The van der Waals surface area contributed by atoms with Gasteiger partial charge in [0.15, 0.2) is 0 Å². The van der Waals surface area contributed by atoms with Crippen molar-refractivity contribution >= 4 is 17.8 Å². The molecule has 3 aliphatic carbocycles. The number of carbonyl (C=O) groups is 2. The lowest BCUT2D eigenvalue weighted by atomic mass is 9.87. The van der Waals surface area contributed by atoms with Gasteiger partial charge in [0.2, 0.25) is 0 Å². The third kappa shape index (κ3) is 6.60. The van der Waals surface area contributed by atoms with E-state index in [1.54, 1.807) is 19.0 Å². The van der Waals surface area contributed by atoms with E-state index in [0.717, 1.165) is 56.4 Å². The molecule has 2 atom stereocenters. The van der Waals surface area contributed by atoms with Gasteiger partial charge in [0.1, 0.15) is 12.4 Å². The van der Waals surface area contributed by atoms with Gasteiger partial charge in [-0.1, -0.05) is 0 Å². The maximum atomic E-state index is 12.4. The summed E-state index contributed by atoms with van der Waals surface area (Å²) in [6.07, 6.45) is 7.22. The number of methoxy groups -OCH3 is 1. The van der Waals surface area contributed by atoms with Crippen LogP contribution in [0.5, 0.6) is 5.75 Å². The minimum absolute atomic E-state index is 0.0532. The monoisotopic (exact) mass is 501 g/mol. The molecule has 1 aromatic heterocycles. The van der Waals surface area contributed by atoms with E-state index in [4.69, 9.17) is 30.8 Å². The second kappa shape index (κ2) is 11.4. The summed E-state index contributed by atoms with van der Waals surface area (Å²) in [7, 11) is 4.82. The fourth-order valence-electron chi connectivity index (χ4n) is 4.69. The summed E-state index contributed by atoms with van der Waals surface area (Å²) in [4.78, 5) is 30.8. The van der Waals surface area contributed by atoms with Crippen LogP contribution in [0.3, 0.4) is 0 Å². The highest BCUT2D eigenvalue weighted by atomic mass is 16.6. The van der Waals surface area contributed by atoms with E-state index in [-0.39, 0.29) is 24.6 Å². The Balaban J connectivity index is 1.47. The van der Waals surface area contributed by atoms with E-state index in [1.807, 2.05) is 12.1 Å². The molecule has 0 spiro atoms. The van der Waals surface area contributed by atoms with Crippen LogP contribution < -0.4 is 16.3 Å². The predicted octanol–water partition coefficient (Wildman–Crippen LogP) is 2.98. The van der Waals surface area contributed by atoms with E-state index >= 15 is 0 Å². The number of nitrogens with two attached hydrogens (primary N) is 2. The number of carbonyl (C=O) groups excluding carboxylic acids is 2. The van der Waals surface area contributed by atoms with Gasteiger partial charge in [0, 0.05) is 26.6 Å². The van der Waals surface area contributed by atoms with Crippen molar-refractivity contribution in [1.82, 2.24) is 14.9 Å². The Morgan fingerprint density at radius 2 is 1.86 bits per heavy atom. The standard InChI is InChI=1S/C26H39N5O5/c1-30(14-16-7-8-16)26(33)35-15-21(31(2)28)23(27)20-11-12-22(24(29-20)17-9-10-17)36-19-6-4-5-18(13-19)25(32)34-3/h11-12,16-19H,4-10,13-15,27-28H2,1-3H3/b23-21-/t18-,19?/m0/s1. The molecule has 3 fully saturated rings. The van der Waals surface area contributed by atoms with Crippen LogP contribution in [0.2, 0.25) is 0 Å². The normalized spacial score (nSPS) is 22.3. The van der Waals surface area contributed by atoms with Gasteiger partial charge in [-0.05, 0) is 69.4 Å².